The van der Waals surface area contributed by atoms with Crippen molar-refractivity contribution in [3.8, 4) is 17.3 Å². The molecule has 190 valence electrons. The smallest absolute Gasteiger partial charge is 0.306 e. The highest BCUT2D eigenvalue weighted by Crippen LogP contribution is 2.30. The maximum absolute atomic E-state index is 12.1. The fourth-order valence-electron chi connectivity index (χ4n) is 4.35. The fraction of sp³-hybridized carbons (Fsp3) is 0.440. The van der Waals surface area contributed by atoms with Gasteiger partial charge < -0.3 is 14.4 Å². The lowest BCUT2D eigenvalue weighted by molar-refractivity contribution is -0.143. The number of piperidine rings is 1. The molecule has 36 heavy (non-hydrogen) atoms. The van der Waals surface area contributed by atoms with Crippen molar-refractivity contribution < 1.29 is 14.3 Å². The minimum Gasteiger partial charge on any atom is -0.471 e. The average Bonchev–Trinajstić information content (AvgIpc) is 3.26. The fourth-order valence-corrected chi connectivity index (χ4v) is 4.48. The highest BCUT2D eigenvalue weighted by Gasteiger charge is 2.25. The molecule has 0 radical (unpaired) electrons. The lowest BCUT2D eigenvalue weighted by atomic mass is 9.94. The van der Waals surface area contributed by atoms with Gasteiger partial charge in [-0.05, 0) is 37.3 Å². The molecular weight excluding hydrogens is 482 g/mol. The Hall–Kier alpha value is -3.53. The van der Waals surface area contributed by atoms with Crippen LogP contribution >= 0.6 is 11.6 Å². The van der Waals surface area contributed by atoms with E-state index in [2.05, 4.69) is 44.7 Å². The molecule has 10 nitrogen and oxygen atoms in total. The number of pyridine rings is 1. The molecular formula is C25H30ClN7O3. The summed E-state index contributed by atoms with van der Waals surface area (Å²) in [5.74, 6) is 0.444. The van der Waals surface area contributed by atoms with Gasteiger partial charge in [0.25, 0.3) is 0 Å². The largest absolute Gasteiger partial charge is 0.471 e. The number of hydrogen-bond donors (Lipinski definition) is 0. The Morgan fingerprint density at radius 2 is 2.19 bits per heavy atom. The summed E-state index contributed by atoms with van der Waals surface area (Å²) < 4.78 is 12.7. The van der Waals surface area contributed by atoms with Crippen LogP contribution in [0.3, 0.4) is 0 Å². The monoisotopic (exact) mass is 511 g/mol. The molecule has 3 aromatic heterocycles. The lowest BCUT2D eigenvalue weighted by Crippen LogP contribution is -2.37. The lowest BCUT2D eigenvalue weighted by Gasteiger charge is -2.35. The van der Waals surface area contributed by atoms with Crippen LogP contribution in [-0.2, 0) is 29.6 Å². The first-order valence-electron chi connectivity index (χ1n) is 12.0. The van der Waals surface area contributed by atoms with Gasteiger partial charge in [-0.1, -0.05) is 36.4 Å². The Morgan fingerprint density at radius 3 is 2.97 bits per heavy atom. The molecule has 0 aromatic carbocycles. The number of aryl methyl sites for hydroxylation is 2. The number of nitrogens with zero attached hydrogens (tertiary/aromatic N) is 7. The molecule has 1 saturated heterocycles. The van der Waals surface area contributed by atoms with E-state index in [9.17, 15) is 4.79 Å². The number of ether oxygens (including phenoxy) is 2. The zero-order valence-corrected chi connectivity index (χ0v) is 21.3. The normalized spacial score (nSPS) is 15.5. The van der Waals surface area contributed by atoms with Crippen molar-refractivity contribution in [3.63, 3.8) is 0 Å². The third kappa shape index (κ3) is 6.17. The highest BCUT2D eigenvalue weighted by molar-refractivity contribution is 6.29. The average molecular weight is 512 g/mol. The van der Waals surface area contributed by atoms with E-state index < -0.39 is 0 Å². The summed E-state index contributed by atoms with van der Waals surface area (Å²) in [6.07, 6.45) is 6.14. The molecule has 0 amide bonds. The predicted octanol–water partition coefficient (Wildman–Crippen LogP) is 3.80. The number of hydrogen-bond acceptors (Lipinski definition) is 9. The Kier molecular flexibility index (Phi) is 8.48. The van der Waals surface area contributed by atoms with Gasteiger partial charge in [0, 0.05) is 26.2 Å². The summed E-state index contributed by atoms with van der Waals surface area (Å²) in [4.78, 5) is 27.3. The maximum atomic E-state index is 12.1. The van der Waals surface area contributed by atoms with Crippen molar-refractivity contribution in [1.82, 2.24) is 29.9 Å². The molecule has 0 unspecified atom stereocenters. The zero-order valence-electron chi connectivity index (χ0n) is 20.6. The van der Waals surface area contributed by atoms with Gasteiger partial charge in [0.15, 0.2) is 0 Å². The van der Waals surface area contributed by atoms with Gasteiger partial charge in [0.2, 0.25) is 5.88 Å². The second-order valence-corrected chi connectivity index (χ2v) is 9.01. The number of carbonyl (C=O) groups excluding carboxylic acids is 1. The molecule has 3 aromatic rings. The number of rotatable bonds is 10. The van der Waals surface area contributed by atoms with Crippen LogP contribution in [0.5, 0.6) is 5.88 Å². The van der Waals surface area contributed by atoms with Crippen LogP contribution in [0.1, 0.15) is 37.6 Å². The van der Waals surface area contributed by atoms with E-state index in [1.54, 1.807) is 16.8 Å². The van der Waals surface area contributed by atoms with E-state index in [0.29, 0.717) is 23.1 Å². The van der Waals surface area contributed by atoms with Crippen LogP contribution in [0.4, 0.5) is 5.69 Å². The third-order valence-electron chi connectivity index (χ3n) is 6.11. The minimum absolute atomic E-state index is 0.174. The van der Waals surface area contributed by atoms with Crippen LogP contribution in [0.15, 0.2) is 37.2 Å². The van der Waals surface area contributed by atoms with Gasteiger partial charge in [-0.15, -0.1) is 5.10 Å². The number of anilines is 1. The topological polar surface area (TPSA) is 108 Å². The van der Waals surface area contributed by atoms with E-state index in [4.69, 9.17) is 26.1 Å². The summed E-state index contributed by atoms with van der Waals surface area (Å²) in [7, 11) is 1.81. The van der Waals surface area contributed by atoms with E-state index in [0.717, 1.165) is 55.1 Å². The molecule has 1 aliphatic rings. The van der Waals surface area contributed by atoms with E-state index in [1.807, 2.05) is 13.1 Å². The molecule has 1 atom stereocenters. The van der Waals surface area contributed by atoms with Gasteiger partial charge >= 0.3 is 5.97 Å². The molecule has 0 N–H and O–H groups in total. The molecule has 0 aliphatic carbocycles. The van der Waals surface area contributed by atoms with Gasteiger partial charge in [-0.25, -0.2) is 19.6 Å². The number of carbonyl (C=O) groups is 1. The van der Waals surface area contributed by atoms with E-state index in [1.165, 1.54) is 6.33 Å². The molecule has 4 rings (SSSR count). The van der Waals surface area contributed by atoms with Crippen LogP contribution < -0.4 is 9.64 Å². The van der Waals surface area contributed by atoms with Crippen molar-refractivity contribution in [2.75, 3.05) is 24.6 Å². The van der Waals surface area contributed by atoms with Gasteiger partial charge in [-0.3, -0.25) is 4.79 Å². The second-order valence-electron chi connectivity index (χ2n) is 8.62. The Labute approximate surface area is 215 Å². The minimum atomic E-state index is -0.174. The molecule has 1 aliphatic heterocycles. The van der Waals surface area contributed by atoms with Crippen molar-refractivity contribution in [3.05, 3.63) is 53.7 Å². The summed E-state index contributed by atoms with van der Waals surface area (Å²) in [5, 5.41) is 8.83. The summed E-state index contributed by atoms with van der Waals surface area (Å²) in [6, 6.07) is 5.60. The van der Waals surface area contributed by atoms with Crippen molar-refractivity contribution >= 4 is 23.3 Å². The van der Waals surface area contributed by atoms with Crippen LogP contribution in [0, 0.1) is 5.92 Å². The van der Waals surface area contributed by atoms with Crippen LogP contribution in [0.2, 0.25) is 5.15 Å². The van der Waals surface area contributed by atoms with Crippen LogP contribution in [-0.4, -0.2) is 55.6 Å². The molecule has 0 saturated carbocycles. The highest BCUT2D eigenvalue weighted by atomic mass is 35.5. The van der Waals surface area contributed by atoms with Crippen molar-refractivity contribution in [2.45, 2.75) is 39.2 Å². The first-order chi connectivity index (χ1) is 17.5. The molecule has 0 spiro atoms. The van der Waals surface area contributed by atoms with E-state index >= 15 is 0 Å². The van der Waals surface area contributed by atoms with Crippen LogP contribution in [0.25, 0.3) is 11.4 Å². The molecule has 4 heterocycles. The summed E-state index contributed by atoms with van der Waals surface area (Å²) >= 11 is 5.93. The number of esters is 1. The van der Waals surface area contributed by atoms with Gasteiger partial charge in [0.1, 0.15) is 36.1 Å². The van der Waals surface area contributed by atoms with Gasteiger partial charge in [0.05, 0.1) is 23.5 Å². The Morgan fingerprint density at radius 1 is 1.33 bits per heavy atom. The number of aromatic nitrogens is 6. The van der Waals surface area contributed by atoms with E-state index in [-0.39, 0.29) is 25.1 Å². The van der Waals surface area contributed by atoms with Crippen molar-refractivity contribution in [1.29, 1.82) is 0 Å². The first-order valence-corrected chi connectivity index (χ1v) is 12.4. The zero-order chi connectivity index (χ0) is 25.5. The first kappa shape index (κ1) is 25.6. The maximum Gasteiger partial charge on any atom is 0.306 e. The molecule has 1 fully saturated rings. The quantitative estimate of drug-likeness (QED) is 0.228. The van der Waals surface area contributed by atoms with Crippen molar-refractivity contribution in [2.24, 2.45) is 13.0 Å². The SMILES string of the molecule is C=CCOC(=O)C[C@H]1CCCN(c2ccc(-c3nnn(C)c3COc3cc(Cl)ncn3)nc2CC)C1. The predicted molar refractivity (Wildman–Crippen MR) is 136 cm³/mol. The Balaban J connectivity index is 1.50. The number of halogens is 1. The third-order valence-corrected chi connectivity index (χ3v) is 6.32. The van der Waals surface area contributed by atoms with Gasteiger partial charge in [-0.2, -0.15) is 0 Å². The molecule has 11 heteroatoms. The standard InChI is InChI=1S/C25H30ClN7O3/c1-4-11-35-24(34)12-17-7-6-10-33(14-17)20-9-8-19(29-18(20)5-2)25-21(32(3)31-30-25)15-36-23-13-22(26)27-16-28-23/h4,8-9,13,16-17H,1,5-7,10-12,14-15H2,2-3H3/t17-/m1/s1. The Bertz CT molecular complexity index is 1220. The molecule has 0 bridgehead atoms. The summed E-state index contributed by atoms with van der Waals surface area (Å²) in [5.41, 5.74) is 4.21. The second kappa shape index (κ2) is 11.9. The summed E-state index contributed by atoms with van der Waals surface area (Å²) in [6.45, 7) is 7.86.